The van der Waals surface area contributed by atoms with Crippen LogP contribution in [0.1, 0.15) is 25.4 Å². The summed E-state index contributed by atoms with van der Waals surface area (Å²) >= 11 is 0. The van der Waals surface area contributed by atoms with Crippen LogP contribution in [-0.2, 0) is 16.1 Å². The molecular weight excluding hydrogens is 206 g/mol. The number of nitrogens with zero attached hydrogens (tertiary/aromatic N) is 2. The fraction of sp³-hybridized carbons (Fsp3) is 0.364. The van der Waals surface area contributed by atoms with Crippen molar-refractivity contribution >= 4 is 11.7 Å². The number of ether oxygens (including phenoxy) is 1. The molecule has 1 amide bonds. The van der Waals surface area contributed by atoms with Crippen molar-refractivity contribution in [2.75, 3.05) is 6.61 Å². The van der Waals surface area contributed by atoms with Crippen LogP contribution in [0.3, 0.4) is 0 Å². The highest BCUT2D eigenvalue weighted by atomic mass is 16.5. The maximum atomic E-state index is 10.7. The van der Waals surface area contributed by atoms with Crippen LogP contribution in [0.2, 0.25) is 0 Å². The van der Waals surface area contributed by atoms with Crippen molar-refractivity contribution in [3.05, 3.63) is 30.4 Å². The lowest BCUT2D eigenvalue weighted by molar-refractivity contribution is -0.119. The van der Waals surface area contributed by atoms with Gasteiger partial charge in [-0.05, 0) is 13.0 Å². The molecule has 1 heterocycles. The molecule has 0 aliphatic carbocycles. The number of aromatic nitrogens is 2. The van der Waals surface area contributed by atoms with Crippen molar-refractivity contribution in [2.45, 2.75) is 20.4 Å². The standard InChI is InChI=1S/C11H15N3O2/c1-4-16-8(2)11-12-6-5-10(14-11)7-13-9(3)15/h5-6H,2,4,7H2,1,3H3,(H,13,15). The molecule has 1 rings (SSSR count). The molecule has 0 aliphatic heterocycles. The molecule has 0 atom stereocenters. The Morgan fingerprint density at radius 2 is 2.38 bits per heavy atom. The highest BCUT2D eigenvalue weighted by Crippen LogP contribution is 2.08. The third kappa shape index (κ3) is 3.68. The number of hydrogen-bond acceptors (Lipinski definition) is 4. The Hall–Kier alpha value is -1.91. The van der Waals surface area contributed by atoms with Gasteiger partial charge in [-0.25, -0.2) is 9.97 Å². The lowest BCUT2D eigenvalue weighted by Gasteiger charge is -2.07. The van der Waals surface area contributed by atoms with E-state index in [0.717, 1.165) is 5.69 Å². The molecule has 0 unspecified atom stereocenters. The second-order valence-electron chi connectivity index (χ2n) is 3.14. The Labute approximate surface area is 94.6 Å². The third-order valence-corrected chi connectivity index (χ3v) is 1.80. The van der Waals surface area contributed by atoms with E-state index < -0.39 is 0 Å². The monoisotopic (exact) mass is 221 g/mol. The molecule has 5 nitrogen and oxygen atoms in total. The van der Waals surface area contributed by atoms with E-state index in [4.69, 9.17) is 4.74 Å². The van der Waals surface area contributed by atoms with Gasteiger partial charge in [0.2, 0.25) is 5.91 Å². The van der Waals surface area contributed by atoms with E-state index in [2.05, 4.69) is 21.9 Å². The van der Waals surface area contributed by atoms with Gasteiger partial charge in [-0.3, -0.25) is 4.79 Å². The van der Waals surface area contributed by atoms with E-state index in [1.54, 1.807) is 12.3 Å². The van der Waals surface area contributed by atoms with Crippen LogP contribution >= 0.6 is 0 Å². The maximum Gasteiger partial charge on any atom is 0.217 e. The lowest BCUT2D eigenvalue weighted by Crippen LogP contribution is -2.20. The molecule has 0 spiro atoms. The van der Waals surface area contributed by atoms with E-state index in [1.165, 1.54) is 6.92 Å². The molecule has 5 heteroatoms. The molecule has 0 aliphatic rings. The van der Waals surface area contributed by atoms with E-state index in [0.29, 0.717) is 24.7 Å². The summed E-state index contributed by atoms with van der Waals surface area (Å²) in [5, 5.41) is 2.66. The first-order chi connectivity index (χ1) is 7.63. The molecular formula is C11H15N3O2. The largest absolute Gasteiger partial charge is 0.491 e. The summed E-state index contributed by atoms with van der Waals surface area (Å²) in [6.45, 7) is 7.95. The quantitative estimate of drug-likeness (QED) is 0.757. The number of amides is 1. The summed E-state index contributed by atoms with van der Waals surface area (Å²) in [6, 6.07) is 1.73. The van der Waals surface area contributed by atoms with Gasteiger partial charge >= 0.3 is 0 Å². The smallest absolute Gasteiger partial charge is 0.217 e. The molecule has 0 fully saturated rings. The number of rotatable bonds is 5. The zero-order valence-corrected chi connectivity index (χ0v) is 9.49. The van der Waals surface area contributed by atoms with Crippen LogP contribution in [0, 0.1) is 0 Å². The van der Waals surface area contributed by atoms with Crippen molar-refractivity contribution in [3.63, 3.8) is 0 Å². The number of hydrogen-bond donors (Lipinski definition) is 1. The molecule has 1 aromatic heterocycles. The molecule has 0 saturated carbocycles. The van der Waals surface area contributed by atoms with Crippen LogP contribution in [0.5, 0.6) is 0 Å². The minimum Gasteiger partial charge on any atom is -0.491 e. The summed E-state index contributed by atoms with van der Waals surface area (Å²) in [5.74, 6) is 0.792. The third-order valence-electron chi connectivity index (χ3n) is 1.80. The predicted octanol–water partition coefficient (Wildman–Crippen LogP) is 1.12. The normalized spacial score (nSPS) is 9.62. The van der Waals surface area contributed by atoms with Gasteiger partial charge in [0.05, 0.1) is 18.8 Å². The Bertz CT molecular complexity index is 391. The van der Waals surface area contributed by atoms with Crippen LogP contribution in [-0.4, -0.2) is 22.5 Å². The average molecular weight is 221 g/mol. The summed E-state index contributed by atoms with van der Waals surface area (Å²) in [4.78, 5) is 19.0. The van der Waals surface area contributed by atoms with Gasteiger partial charge in [0.1, 0.15) is 0 Å². The summed E-state index contributed by atoms with van der Waals surface area (Å²) in [7, 11) is 0. The molecule has 0 saturated heterocycles. The number of carbonyl (C=O) groups is 1. The summed E-state index contributed by atoms with van der Waals surface area (Å²) in [5.41, 5.74) is 0.723. The molecule has 16 heavy (non-hydrogen) atoms. The Balaban J connectivity index is 2.70. The highest BCUT2D eigenvalue weighted by molar-refractivity contribution is 5.72. The highest BCUT2D eigenvalue weighted by Gasteiger charge is 2.04. The molecule has 1 aromatic rings. The van der Waals surface area contributed by atoms with Gasteiger partial charge in [-0.15, -0.1) is 0 Å². The zero-order valence-electron chi connectivity index (χ0n) is 9.49. The van der Waals surface area contributed by atoms with E-state index in [-0.39, 0.29) is 5.91 Å². The first-order valence-corrected chi connectivity index (χ1v) is 5.02. The molecule has 0 aromatic carbocycles. The van der Waals surface area contributed by atoms with Gasteiger partial charge in [0, 0.05) is 13.1 Å². The zero-order chi connectivity index (χ0) is 12.0. The second kappa shape index (κ2) is 5.85. The van der Waals surface area contributed by atoms with Crippen molar-refractivity contribution in [1.29, 1.82) is 0 Å². The van der Waals surface area contributed by atoms with Gasteiger partial charge in [0.15, 0.2) is 11.6 Å². The molecule has 0 bridgehead atoms. The van der Waals surface area contributed by atoms with Crippen molar-refractivity contribution in [3.8, 4) is 0 Å². The van der Waals surface area contributed by atoms with Crippen LogP contribution in [0.25, 0.3) is 5.76 Å². The molecule has 86 valence electrons. The van der Waals surface area contributed by atoms with Crippen molar-refractivity contribution in [2.24, 2.45) is 0 Å². The minimum atomic E-state index is -0.0937. The van der Waals surface area contributed by atoms with Crippen LogP contribution in [0.15, 0.2) is 18.8 Å². The first kappa shape index (κ1) is 12.2. The molecule has 0 radical (unpaired) electrons. The van der Waals surface area contributed by atoms with Crippen molar-refractivity contribution < 1.29 is 9.53 Å². The average Bonchev–Trinajstić information content (AvgIpc) is 2.27. The number of carbonyl (C=O) groups excluding carboxylic acids is 1. The lowest BCUT2D eigenvalue weighted by atomic mass is 10.3. The fourth-order valence-electron chi connectivity index (χ4n) is 1.08. The van der Waals surface area contributed by atoms with E-state index in [1.807, 2.05) is 6.92 Å². The summed E-state index contributed by atoms with van der Waals surface area (Å²) < 4.78 is 5.20. The van der Waals surface area contributed by atoms with Crippen molar-refractivity contribution in [1.82, 2.24) is 15.3 Å². The fourth-order valence-corrected chi connectivity index (χ4v) is 1.08. The Kier molecular flexibility index (Phi) is 4.44. The van der Waals surface area contributed by atoms with Gasteiger partial charge in [-0.1, -0.05) is 6.58 Å². The van der Waals surface area contributed by atoms with Gasteiger partial charge < -0.3 is 10.1 Å². The SMILES string of the molecule is C=C(OCC)c1nccc(CNC(C)=O)n1. The van der Waals surface area contributed by atoms with E-state index in [9.17, 15) is 4.79 Å². The first-order valence-electron chi connectivity index (χ1n) is 5.02. The van der Waals surface area contributed by atoms with E-state index >= 15 is 0 Å². The van der Waals surface area contributed by atoms with Gasteiger partial charge in [0.25, 0.3) is 0 Å². The van der Waals surface area contributed by atoms with Gasteiger partial charge in [-0.2, -0.15) is 0 Å². The summed E-state index contributed by atoms with van der Waals surface area (Å²) in [6.07, 6.45) is 1.61. The predicted molar refractivity (Wildman–Crippen MR) is 60.2 cm³/mol. The van der Waals surface area contributed by atoms with Crippen LogP contribution in [0.4, 0.5) is 0 Å². The number of nitrogens with one attached hydrogen (secondary N) is 1. The topological polar surface area (TPSA) is 64.1 Å². The van der Waals surface area contributed by atoms with Crippen LogP contribution < -0.4 is 5.32 Å². The Morgan fingerprint density at radius 3 is 3.00 bits per heavy atom. The molecule has 1 N–H and O–H groups in total. The maximum absolute atomic E-state index is 10.7. The minimum absolute atomic E-state index is 0.0937. The second-order valence-corrected chi connectivity index (χ2v) is 3.14. The Morgan fingerprint density at radius 1 is 1.62 bits per heavy atom.